The highest BCUT2D eigenvalue weighted by atomic mass is 15.2. The van der Waals surface area contributed by atoms with Crippen molar-refractivity contribution in [2.24, 2.45) is 11.8 Å². The van der Waals surface area contributed by atoms with Crippen LogP contribution in [0, 0.1) is 11.8 Å². The molecule has 2 saturated heterocycles. The Morgan fingerprint density at radius 2 is 2.20 bits per heavy atom. The largest absolute Gasteiger partial charge is 0.314 e. The molecule has 0 radical (unpaired) electrons. The normalized spacial score (nSPS) is 48.0. The van der Waals surface area contributed by atoms with Crippen molar-refractivity contribution in [3.05, 3.63) is 0 Å². The van der Waals surface area contributed by atoms with Crippen molar-refractivity contribution in [3.8, 4) is 0 Å². The maximum absolute atomic E-state index is 3.52. The van der Waals surface area contributed by atoms with Crippen LogP contribution in [-0.2, 0) is 0 Å². The third-order valence-electron chi connectivity index (χ3n) is 3.02. The van der Waals surface area contributed by atoms with E-state index in [4.69, 9.17) is 0 Å². The molecule has 0 amide bonds. The molecule has 0 bridgehead atoms. The van der Waals surface area contributed by atoms with Crippen LogP contribution in [0.1, 0.15) is 6.92 Å². The molecule has 0 saturated carbocycles. The van der Waals surface area contributed by atoms with Crippen LogP contribution >= 0.6 is 0 Å². The number of hydrogen-bond donors (Lipinski definition) is 1. The van der Waals surface area contributed by atoms with Gasteiger partial charge >= 0.3 is 0 Å². The number of fused-ring (bicyclic) bond motifs is 1. The van der Waals surface area contributed by atoms with Gasteiger partial charge in [-0.05, 0) is 32.4 Å². The lowest BCUT2D eigenvalue weighted by atomic mass is 9.95. The summed E-state index contributed by atoms with van der Waals surface area (Å²) in [5, 5.41) is 3.52. The topological polar surface area (TPSA) is 15.3 Å². The van der Waals surface area contributed by atoms with E-state index in [-0.39, 0.29) is 0 Å². The molecular formula is C8H16N2. The summed E-state index contributed by atoms with van der Waals surface area (Å²) in [7, 11) is 2.23. The van der Waals surface area contributed by atoms with Gasteiger partial charge in [0.1, 0.15) is 0 Å². The molecule has 58 valence electrons. The van der Waals surface area contributed by atoms with E-state index in [0.717, 1.165) is 17.9 Å². The molecule has 2 heteroatoms. The first-order valence-electron chi connectivity index (χ1n) is 4.19. The molecule has 2 aliphatic rings. The second-order valence-electron chi connectivity index (χ2n) is 3.84. The second-order valence-corrected chi connectivity index (χ2v) is 3.84. The number of likely N-dealkylation sites (tertiary alicyclic amines) is 1. The molecule has 0 aliphatic carbocycles. The Balaban J connectivity index is 2.05. The van der Waals surface area contributed by atoms with Gasteiger partial charge in [-0.1, -0.05) is 0 Å². The van der Waals surface area contributed by atoms with E-state index in [0.29, 0.717) is 0 Å². The SMILES string of the molecule is C[C@@H]1NC[C@@H]2CN(C)C[C@H]21. The first-order valence-corrected chi connectivity index (χ1v) is 4.19. The summed E-state index contributed by atoms with van der Waals surface area (Å²) in [6, 6.07) is 0.759. The zero-order chi connectivity index (χ0) is 7.14. The Bertz CT molecular complexity index is 135. The van der Waals surface area contributed by atoms with Gasteiger partial charge in [-0.3, -0.25) is 0 Å². The molecule has 0 aromatic heterocycles. The van der Waals surface area contributed by atoms with Crippen LogP contribution in [0.4, 0.5) is 0 Å². The van der Waals surface area contributed by atoms with Crippen LogP contribution in [0.5, 0.6) is 0 Å². The maximum Gasteiger partial charge on any atom is 0.00829 e. The number of nitrogens with zero attached hydrogens (tertiary/aromatic N) is 1. The Morgan fingerprint density at radius 1 is 1.40 bits per heavy atom. The minimum Gasteiger partial charge on any atom is -0.314 e. The van der Waals surface area contributed by atoms with Crippen LogP contribution < -0.4 is 5.32 Å². The summed E-state index contributed by atoms with van der Waals surface area (Å²) in [5.41, 5.74) is 0. The molecule has 2 rings (SSSR count). The molecule has 0 spiro atoms. The Kier molecular flexibility index (Phi) is 1.46. The highest BCUT2D eigenvalue weighted by Crippen LogP contribution is 2.29. The van der Waals surface area contributed by atoms with Crippen molar-refractivity contribution in [3.63, 3.8) is 0 Å². The maximum atomic E-state index is 3.52. The van der Waals surface area contributed by atoms with E-state index in [1.165, 1.54) is 19.6 Å². The van der Waals surface area contributed by atoms with Crippen LogP contribution in [0.15, 0.2) is 0 Å². The summed E-state index contributed by atoms with van der Waals surface area (Å²) >= 11 is 0. The van der Waals surface area contributed by atoms with Crippen molar-refractivity contribution >= 4 is 0 Å². The molecule has 2 nitrogen and oxygen atoms in total. The van der Waals surface area contributed by atoms with Gasteiger partial charge in [-0.25, -0.2) is 0 Å². The van der Waals surface area contributed by atoms with Crippen molar-refractivity contribution < 1.29 is 0 Å². The lowest BCUT2D eigenvalue weighted by Crippen LogP contribution is -2.28. The number of nitrogens with one attached hydrogen (secondary N) is 1. The quantitative estimate of drug-likeness (QED) is 0.515. The summed E-state index contributed by atoms with van der Waals surface area (Å²) in [5.74, 6) is 1.88. The molecule has 2 heterocycles. The fraction of sp³-hybridized carbons (Fsp3) is 1.00. The van der Waals surface area contributed by atoms with Crippen molar-refractivity contribution in [2.75, 3.05) is 26.7 Å². The Labute approximate surface area is 62.6 Å². The van der Waals surface area contributed by atoms with Gasteiger partial charge in [0.05, 0.1) is 0 Å². The average Bonchev–Trinajstić information content (AvgIpc) is 2.35. The smallest absolute Gasteiger partial charge is 0.00829 e. The van der Waals surface area contributed by atoms with Gasteiger partial charge in [0.25, 0.3) is 0 Å². The van der Waals surface area contributed by atoms with Crippen LogP contribution in [-0.4, -0.2) is 37.6 Å². The van der Waals surface area contributed by atoms with E-state index < -0.39 is 0 Å². The monoisotopic (exact) mass is 140 g/mol. The number of rotatable bonds is 0. The van der Waals surface area contributed by atoms with Crippen LogP contribution in [0.3, 0.4) is 0 Å². The molecular weight excluding hydrogens is 124 g/mol. The first kappa shape index (κ1) is 6.62. The van der Waals surface area contributed by atoms with Gasteiger partial charge in [0.2, 0.25) is 0 Å². The summed E-state index contributed by atoms with van der Waals surface area (Å²) in [4.78, 5) is 2.45. The molecule has 2 aliphatic heterocycles. The summed E-state index contributed by atoms with van der Waals surface area (Å²) < 4.78 is 0. The minimum absolute atomic E-state index is 0.759. The third-order valence-corrected chi connectivity index (χ3v) is 3.02. The van der Waals surface area contributed by atoms with E-state index >= 15 is 0 Å². The third kappa shape index (κ3) is 0.867. The fourth-order valence-electron chi connectivity index (χ4n) is 2.39. The molecule has 2 fully saturated rings. The van der Waals surface area contributed by atoms with Gasteiger partial charge in [0.15, 0.2) is 0 Å². The average molecular weight is 140 g/mol. The van der Waals surface area contributed by atoms with Crippen molar-refractivity contribution in [2.45, 2.75) is 13.0 Å². The zero-order valence-electron chi connectivity index (χ0n) is 6.80. The highest BCUT2D eigenvalue weighted by molar-refractivity contribution is 4.94. The van der Waals surface area contributed by atoms with Crippen molar-refractivity contribution in [1.82, 2.24) is 10.2 Å². The lowest BCUT2D eigenvalue weighted by Gasteiger charge is -2.13. The molecule has 0 aromatic rings. The highest BCUT2D eigenvalue weighted by Gasteiger charge is 2.38. The minimum atomic E-state index is 0.759. The van der Waals surface area contributed by atoms with Gasteiger partial charge < -0.3 is 10.2 Å². The Morgan fingerprint density at radius 3 is 2.90 bits per heavy atom. The predicted octanol–water partition coefficient (Wildman–Crippen LogP) is 0.156. The molecule has 0 unspecified atom stereocenters. The first-order chi connectivity index (χ1) is 4.77. The molecule has 3 atom stereocenters. The van der Waals surface area contributed by atoms with E-state index in [1.807, 2.05) is 0 Å². The second kappa shape index (κ2) is 2.21. The van der Waals surface area contributed by atoms with Gasteiger partial charge in [0, 0.05) is 19.1 Å². The molecule has 10 heavy (non-hydrogen) atoms. The van der Waals surface area contributed by atoms with Gasteiger partial charge in [-0.2, -0.15) is 0 Å². The van der Waals surface area contributed by atoms with E-state index in [9.17, 15) is 0 Å². The predicted molar refractivity (Wildman–Crippen MR) is 41.9 cm³/mol. The molecule has 0 aromatic carbocycles. The Hall–Kier alpha value is -0.0800. The fourth-order valence-corrected chi connectivity index (χ4v) is 2.39. The number of hydrogen-bond acceptors (Lipinski definition) is 2. The standard InChI is InChI=1S/C8H16N2/c1-6-8-5-10(2)4-7(8)3-9-6/h6-9H,3-5H2,1-2H3/t6-,7+,8-/m0/s1. The molecule has 1 N–H and O–H groups in total. The van der Waals surface area contributed by atoms with E-state index in [1.54, 1.807) is 0 Å². The van der Waals surface area contributed by atoms with Crippen molar-refractivity contribution in [1.29, 1.82) is 0 Å². The lowest BCUT2D eigenvalue weighted by molar-refractivity contribution is 0.364. The summed E-state index contributed by atoms with van der Waals surface area (Å²) in [6.07, 6.45) is 0. The van der Waals surface area contributed by atoms with Crippen LogP contribution in [0.2, 0.25) is 0 Å². The zero-order valence-corrected chi connectivity index (χ0v) is 6.80. The van der Waals surface area contributed by atoms with Gasteiger partial charge in [-0.15, -0.1) is 0 Å². The van der Waals surface area contributed by atoms with E-state index in [2.05, 4.69) is 24.2 Å². The van der Waals surface area contributed by atoms with Crippen LogP contribution in [0.25, 0.3) is 0 Å². The summed E-state index contributed by atoms with van der Waals surface area (Å²) in [6.45, 7) is 6.17.